The number of nitrogens with zero attached hydrogens (tertiary/aromatic N) is 2. The van der Waals surface area contributed by atoms with Gasteiger partial charge in [0.15, 0.2) is 11.4 Å². The Kier molecular flexibility index (Phi) is 4.94. The van der Waals surface area contributed by atoms with Gasteiger partial charge in [0.2, 0.25) is 0 Å². The van der Waals surface area contributed by atoms with Crippen molar-refractivity contribution < 1.29 is 19.5 Å². The van der Waals surface area contributed by atoms with Crippen molar-refractivity contribution in [1.82, 2.24) is 10.4 Å². The number of benzene rings is 2. The minimum Gasteiger partial charge on any atom is -0.279 e. The van der Waals surface area contributed by atoms with Crippen LogP contribution in [-0.4, -0.2) is 27.3 Å². The summed E-state index contributed by atoms with van der Waals surface area (Å²) in [6, 6.07) is 13.7. The Balaban J connectivity index is 1.56. The van der Waals surface area contributed by atoms with Gasteiger partial charge in [-0.15, -0.1) is 0 Å². The number of fused-ring (bicyclic) bond motifs is 2. The molecule has 0 aromatic heterocycles. The van der Waals surface area contributed by atoms with Gasteiger partial charge in [0.05, 0.1) is 10.5 Å². The first kappa shape index (κ1) is 20.0. The molecule has 0 saturated carbocycles. The minimum atomic E-state index is -0.879. The van der Waals surface area contributed by atoms with E-state index in [1.807, 2.05) is 19.9 Å². The molecule has 2 aromatic rings. The first-order valence-electron chi connectivity index (χ1n) is 9.19. The Bertz CT molecular complexity index is 949. The maximum absolute atomic E-state index is 12.8. The van der Waals surface area contributed by atoms with Crippen LogP contribution in [0.25, 0.3) is 0 Å². The van der Waals surface area contributed by atoms with E-state index in [0.717, 1.165) is 5.56 Å². The lowest BCUT2D eigenvalue weighted by Gasteiger charge is -2.45. The van der Waals surface area contributed by atoms with Crippen LogP contribution in [0.3, 0.4) is 0 Å². The number of halogens is 1. The second-order valence-electron chi connectivity index (χ2n) is 7.73. The zero-order valence-corrected chi connectivity index (χ0v) is 17.5. The lowest BCUT2D eigenvalue weighted by molar-refractivity contribution is -0.384. The van der Waals surface area contributed by atoms with Crippen LogP contribution in [-0.2, 0) is 9.78 Å². The van der Waals surface area contributed by atoms with E-state index in [1.165, 1.54) is 12.1 Å². The summed E-state index contributed by atoms with van der Waals surface area (Å²) in [5.41, 5.74) is 2.72. The summed E-state index contributed by atoms with van der Waals surface area (Å²) in [5, 5.41) is 12.6. The molecule has 1 amide bonds. The predicted molar refractivity (Wildman–Crippen MR) is 107 cm³/mol. The molecule has 2 aliphatic heterocycles. The largest absolute Gasteiger partial charge is 0.279 e. The van der Waals surface area contributed by atoms with Crippen molar-refractivity contribution >= 4 is 27.5 Å². The van der Waals surface area contributed by atoms with Gasteiger partial charge in [0.1, 0.15) is 0 Å². The van der Waals surface area contributed by atoms with E-state index in [-0.39, 0.29) is 17.5 Å². The molecule has 2 atom stereocenters. The first-order valence-corrected chi connectivity index (χ1v) is 9.98. The number of carbonyl (C=O) groups is 1. The van der Waals surface area contributed by atoms with Gasteiger partial charge in [-0.1, -0.05) is 24.3 Å². The number of hydrogen-bond donors (Lipinski definition) is 1. The molecular weight excluding hydrogens is 442 g/mol. The van der Waals surface area contributed by atoms with E-state index >= 15 is 0 Å². The van der Waals surface area contributed by atoms with E-state index in [0.29, 0.717) is 22.9 Å². The number of rotatable bonds is 4. The molecule has 2 aromatic carbocycles. The predicted octanol–water partition coefficient (Wildman–Crippen LogP) is 4.28. The van der Waals surface area contributed by atoms with Crippen LogP contribution < -0.4 is 5.43 Å². The Morgan fingerprint density at radius 1 is 1.14 bits per heavy atom. The van der Waals surface area contributed by atoms with Gasteiger partial charge < -0.3 is 0 Å². The number of nitro benzene ring substituents is 1. The summed E-state index contributed by atoms with van der Waals surface area (Å²) in [5.74, 6) is -0.206. The second kappa shape index (κ2) is 7.17. The lowest BCUT2D eigenvalue weighted by Crippen LogP contribution is -2.64. The molecule has 2 heterocycles. The number of hydrazine groups is 1. The summed E-state index contributed by atoms with van der Waals surface area (Å²) in [6.45, 7) is 3.71. The fraction of sp³-hybridized carbons (Fsp3) is 0.350. The van der Waals surface area contributed by atoms with Crippen LogP contribution >= 0.6 is 15.9 Å². The number of nitrogens with one attached hydrogen (secondary N) is 1. The molecule has 9 heteroatoms. The van der Waals surface area contributed by atoms with Crippen molar-refractivity contribution in [3.05, 3.63) is 74.2 Å². The second-order valence-corrected chi connectivity index (χ2v) is 8.58. The number of non-ortho nitro benzene ring substituents is 1. The van der Waals surface area contributed by atoms with Crippen LogP contribution in [0.15, 0.2) is 53.0 Å². The van der Waals surface area contributed by atoms with E-state index in [4.69, 9.17) is 9.78 Å². The number of nitro groups is 1. The molecule has 1 N–H and O–H groups in total. The van der Waals surface area contributed by atoms with E-state index in [2.05, 4.69) is 21.4 Å². The highest BCUT2D eigenvalue weighted by atomic mass is 79.9. The number of amides is 1. The Labute approximate surface area is 176 Å². The molecule has 0 spiro atoms. The van der Waals surface area contributed by atoms with Gasteiger partial charge in [-0.2, -0.15) is 5.01 Å². The third-order valence-electron chi connectivity index (χ3n) is 5.50. The summed E-state index contributed by atoms with van der Waals surface area (Å²) < 4.78 is 0.697. The standard InChI is InChI=1S/C20H20BrN3O5/c1-19-11-14(13-7-9-15(10-8-13)23(26)27)12-20(2,29-28-19)24(19)22-18(25)16-5-3-4-6-17(16)21/h3-10,14H,11-12H2,1-2H3,(H,22,25). The van der Waals surface area contributed by atoms with E-state index in [9.17, 15) is 14.9 Å². The van der Waals surface area contributed by atoms with Gasteiger partial charge in [-0.3, -0.25) is 20.3 Å². The van der Waals surface area contributed by atoms with Gasteiger partial charge in [-0.05, 0) is 53.4 Å². The van der Waals surface area contributed by atoms with Crippen LogP contribution in [0, 0.1) is 10.1 Å². The fourth-order valence-corrected chi connectivity index (χ4v) is 4.60. The van der Waals surface area contributed by atoms with Crippen molar-refractivity contribution in [3.8, 4) is 0 Å². The highest BCUT2D eigenvalue weighted by Crippen LogP contribution is 2.51. The number of carbonyl (C=O) groups excluding carboxylic acids is 1. The van der Waals surface area contributed by atoms with Crippen LogP contribution in [0.1, 0.15) is 48.5 Å². The Morgan fingerprint density at radius 3 is 2.28 bits per heavy atom. The third-order valence-corrected chi connectivity index (χ3v) is 6.20. The molecule has 8 nitrogen and oxygen atoms in total. The molecule has 0 aliphatic carbocycles. The fourth-order valence-electron chi connectivity index (χ4n) is 4.14. The first-order chi connectivity index (χ1) is 13.7. The van der Waals surface area contributed by atoms with Crippen molar-refractivity contribution in [1.29, 1.82) is 0 Å². The average molecular weight is 462 g/mol. The molecule has 29 heavy (non-hydrogen) atoms. The van der Waals surface area contributed by atoms with Gasteiger partial charge in [-0.25, -0.2) is 9.78 Å². The monoisotopic (exact) mass is 461 g/mol. The maximum Gasteiger partial charge on any atom is 0.269 e. The van der Waals surface area contributed by atoms with Gasteiger partial charge >= 0.3 is 0 Å². The zero-order valence-electron chi connectivity index (χ0n) is 15.9. The zero-order chi connectivity index (χ0) is 20.8. The molecule has 0 radical (unpaired) electrons. The van der Waals surface area contributed by atoms with E-state index < -0.39 is 16.4 Å². The molecule has 2 aliphatic rings. The summed E-state index contributed by atoms with van der Waals surface area (Å²) in [4.78, 5) is 34.6. The van der Waals surface area contributed by atoms with Crippen molar-refractivity contribution in [2.75, 3.05) is 0 Å². The van der Waals surface area contributed by atoms with Crippen LogP contribution in [0.4, 0.5) is 5.69 Å². The molecule has 4 rings (SSSR count). The van der Waals surface area contributed by atoms with Crippen LogP contribution in [0.2, 0.25) is 0 Å². The lowest BCUT2D eigenvalue weighted by atomic mass is 9.80. The van der Waals surface area contributed by atoms with Gasteiger partial charge in [0, 0.05) is 29.4 Å². The Morgan fingerprint density at radius 2 is 1.72 bits per heavy atom. The number of piperidine rings is 1. The summed E-state index contributed by atoms with van der Waals surface area (Å²) >= 11 is 3.40. The molecule has 2 saturated heterocycles. The SMILES string of the molecule is CC12CC(c3ccc([N+](=O)[O-])cc3)CC(C)(OO1)N2NC(=O)c1ccccc1Br. The smallest absolute Gasteiger partial charge is 0.269 e. The quantitative estimate of drug-likeness (QED) is 0.414. The average Bonchev–Trinajstić information content (AvgIpc) is 2.83. The number of hydrogen-bond acceptors (Lipinski definition) is 6. The highest BCUT2D eigenvalue weighted by Gasteiger charge is 2.60. The maximum atomic E-state index is 12.8. The molecule has 2 fully saturated rings. The van der Waals surface area contributed by atoms with Crippen molar-refractivity contribution in [2.24, 2.45) is 0 Å². The van der Waals surface area contributed by atoms with Crippen LogP contribution in [0.5, 0.6) is 0 Å². The van der Waals surface area contributed by atoms with Gasteiger partial charge in [0.25, 0.3) is 11.6 Å². The van der Waals surface area contributed by atoms with Crippen molar-refractivity contribution in [3.63, 3.8) is 0 Å². The van der Waals surface area contributed by atoms with E-state index in [1.54, 1.807) is 35.3 Å². The summed E-state index contributed by atoms with van der Waals surface area (Å²) in [7, 11) is 0. The topological polar surface area (TPSA) is 93.9 Å². The molecular formula is C20H20BrN3O5. The minimum absolute atomic E-state index is 0.0554. The molecule has 2 unspecified atom stereocenters. The third kappa shape index (κ3) is 3.55. The molecule has 152 valence electrons. The highest BCUT2D eigenvalue weighted by molar-refractivity contribution is 9.10. The normalized spacial score (nSPS) is 28.9. The Hall–Kier alpha value is -2.33. The molecule has 2 bridgehead atoms. The van der Waals surface area contributed by atoms with Crippen molar-refractivity contribution in [2.45, 2.75) is 44.1 Å². The summed E-state index contributed by atoms with van der Waals surface area (Å²) in [6.07, 6.45) is 1.10.